The summed E-state index contributed by atoms with van der Waals surface area (Å²) in [6.45, 7) is 2.26. The number of amides is 1. The minimum absolute atomic E-state index is 0.0383. The van der Waals surface area contributed by atoms with Crippen molar-refractivity contribution in [3.63, 3.8) is 0 Å². The number of carbonyl (C=O) groups is 1. The molecule has 1 aromatic carbocycles. The van der Waals surface area contributed by atoms with Crippen molar-refractivity contribution in [1.29, 1.82) is 0 Å². The Kier molecular flexibility index (Phi) is 7.97. The molecule has 0 radical (unpaired) electrons. The van der Waals surface area contributed by atoms with Crippen molar-refractivity contribution in [3.05, 3.63) is 40.5 Å². The topological polar surface area (TPSA) is 92.5 Å². The van der Waals surface area contributed by atoms with Gasteiger partial charge in [0.15, 0.2) is 6.61 Å². The molecular formula is C27H35F2N5O3S. The van der Waals surface area contributed by atoms with Crippen LogP contribution in [-0.2, 0) is 13.5 Å². The van der Waals surface area contributed by atoms with Crippen LogP contribution < -0.4 is 10.1 Å². The number of thiazole rings is 1. The first-order chi connectivity index (χ1) is 18.1. The number of rotatable bonds is 8. The van der Waals surface area contributed by atoms with Gasteiger partial charge in [0.1, 0.15) is 6.10 Å². The van der Waals surface area contributed by atoms with Crippen LogP contribution in [0.3, 0.4) is 0 Å². The fourth-order valence-corrected chi connectivity index (χ4v) is 6.45. The van der Waals surface area contributed by atoms with Crippen molar-refractivity contribution in [1.82, 2.24) is 25.0 Å². The first kappa shape index (κ1) is 27.0. The fraction of sp³-hybridized carbons (Fsp3) is 0.593. The van der Waals surface area contributed by atoms with Gasteiger partial charge in [-0.25, -0.2) is 13.8 Å². The molecule has 2 aliphatic rings. The molecule has 0 bridgehead atoms. The molecule has 1 aliphatic carbocycles. The summed E-state index contributed by atoms with van der Waals surface area (Å²) in [6.07, 6.45) is 6.95. The molecule has 2 N–H and O–H groups in total. The lowest BCUT2D eigenvalue weighted by Gasteiger charge is -2.31. The highest BCUT2D eigenvalue weighted by Crippen LogP contribution is 2.34. The average Bonchev–Trinajstić information content (AvgIpc) is 3.43. The van der Waals surface area contributed by atoms with Gasteiger partial charge in [0.25, 0.3) is 17.0 Å². The molecule has 1 fully saturated rings. The van der Waals surface area contributed by atoms with E-state index in [1.807, 2.05) is 31.4 Å². The lowest BCUT2D eigenvalue weighted by Crippen LogP contribution is -2.38. The van der Waals surface area contributed by atoms with Gasteiger partial charge < -0.3 is 15.2 Å². The van der Waals surface area contributed by atoms with E-state index in [0.717, 1.165) is 74.3 Å². The zero-order valence-electron chi connectivity index (χ0n) is 21.8. The van der Waals surface area contributed by atoms with Crippen LogP contribution in [0.1, 0.15) is 66.1 Å². The Morgan fingerprint density at radius 3 is 2.84 bits per heavy atom. The van der Waals surface area contributed by atoms with Crippen LogP contribution in [0, 0.1) is 5.92 Å². The Morgan fingerprint density at radius 2 is 2.08 bits per heavy atom. The van der Waals surface area contributed by atoms with E-state index in [-0.39, 0.29) is 17.1 Å². The number of benzene rings is 1. The minimum atomic E-state index is -2.92. The average molecular weight is 548 g/mol. The summed E-state index contributed by atoms with van der Waals surface area (Å²) < 4.78 is 33.1. The standard InChI is InChI=1S/C27H35F2N5O3S/c1-27(28,29)16-37-26-31-24-22(35)15-34(13-11-23(24)38-26)12-10-17-6-8-18(9-7-17)30-25(36)19-4-3-5-21-20(19)14-33(2)32-21/h3-5,14,17-18,22,35H,6-13,15-16H2,1-2H3,(H,30,36)/t17-,18-,22?. The molecule has 1 unspecified atom stereocenters. The molecule has 3 aromatic rings. The molecule has 1 amide bonds. The van der Waals surface area contributed by atoms with Gasteiger partial charge in [-0.3, -0.25) is 14.4 Å². The third-order valence-electron chi connectivity index (χ3n) is 7.50. The number of alkyl halides is 2. The molecule has 1 aliphatic heterocycles. The van der Waals surface area contributed by atoms with Crippen LogP contribution in [0.4, 0.5) is 8.78 Å². The normalized spacial score (nSPS) is 22.7. The number of β-amino-alcohol motifs (C(OH)–C–C–N with tert-alkyl or cyclic N) is 1. The van der Waals surface area contributed by atoms with Crippen molar-refractivity contribution < 1.29 is 23.4 Å². The first-order valence-electron chi connectivity index (χ1n) is 13.3. The Morgan fingerprint density at radius 1 is 1.29 bits per heavy atom. The summed E-state index contributed by atoms with van der Waals surface area (Å²) in [4.78, 5) is 20.4. The SMILES string of the molecule is Cn1cc2c(C(=O)N[C@H]3CC[C@H](CCN4CCc5sc(OCC(C)(F)F)nc5C(O)C4)CC3)cccc2n1. The molecule has 206 valence electrons. The van der Waals surface area contributed by atoms with Crippen molar-refractivity contribution in [2.24, 2.45) is 13.0 Å². The third kappa shape index (κ3) is 6.50. The number of aliphatic hydroxyl groups excluding tert-OH is 1. The van der Waals surface area contributed by atoms with Crippen LogP contribution in [0.2, 0.25) is 0 Å². The van der Waals surface area contributed by atoms with Gasteiger partial charge in [0, 0.05) is 49.6 Å². The molecule has 11 heteroatoms. The number of nitrogens with zero attached hydrogens (tertiary/aromatic N) is 4. The van der Waals surface area contributed by atoms with Crippen molar-refractivity contribution in [3.8, 4) is 5.19 Å². The summed E-state index contributed by atoms with van der Waals surface area (Å²) >= 11 is 1.25. The van der Waals surface area contributed by atoms with E-state index >= 15 is 0 Å². The lowest BCUT2D eigenvalue weighted by molar-refractivity contribution is -0.0231. The number of fused-ring (bicyclic) bond motifs is 2. The Bertz CT molecular complexity index is 1270. The predicted octanol–water partition coefficient (Wildman–Crippen LogP) is 4.33. The monoisotopic (exact) mass is 547 g/mol. The summed E-state index contributed by atoms with van der Waals surface area (Å²) in [6, 6.07) is 5.82. The number of aromatic nitrogens is 3. The number of hydrogen-bond acceptors (Lipinski definition) is 7. The number of hydrogen-bond donors (Lipinski definition) is 2. The fourth-order valence-electron chi connectivity index (χ4n) is 5.50. The highest BCUT2D eigenvalue weighted by atomic mass is 32.1. The second-order valence-electron chi connectivity index (χ2n) is 10.7. The summed E-state index contributed by atoms with van der Waals surface area (Å²) in [7, 11) is 1.86. The second-order valence-corrected chi connectivity index (χ2v) is 11.8. The maximum Gasteiger partial charge on any atom is 0.278 e. The zero-order valence-corrected chi connectivity index (χ0v) is 22.6. The zero-order chi connectivity index (χ0) is 26.9. The molecule has 1 saturated carbocycles. The van der Waals surface area contributed by atoms with Crippen LogP contribution in [0.5, 0.6) is 5.19 Å². The van der Waals surface area contributed by atoms with Crippen LogP contribution in [-0.4, -0.2) is 68.9 Å². The quantitative estimate of drug-likeness (QED) is 0.436. The third-order valence-corrected chi connectivity index (χ3v) is 8.55. The van der Waals surface area contributed by atoms with E-state index in [1.165, 1.54) is 11.3 Å². The smallest absolute Gasteiger partial charge is 0.278 e. The molecule has 0 saturated heterocycles. The van der Waals surface area contributed by atoms with E-state index in [4.69, 9.17) is 4.74 Å². The van der Waals surface area contributed by atoms with Gasteiger partial charge >= 0.3 is 0 Å². The summed E-state index contributed by atoms with van der Waals surface area (Å²) in [5, 5.41) is 19.4. The number of halogens is 2. The van der Waals surface area contributed by atoms with E-state index < -0.39 is 18.6 Å². The maximum absolute atomic E-state index is 13.1. The number of nitrogens with one attached hydrogen (secondary N) is 1. The van der Waals surface area contributed by atoms with Crippen LogP contribution in [0.15, 0.2) is 24.4 Å². The van der Waals surface area contributed by atoms with Crippen molar-refractivity contribution >= 4 is 28.1 Å². The van der Waals surface area contributed by atoms with Crippen molar-refractivity contribution in [2.45, 2.75) is 63.5 Å². The van der Waals surface area contributed by atoms with Crippen molar-refractivity contribution in [2.75, 3.05) is 26.2 Å². The van der Waals surface area contributed by atoms with Gasteiger partial charge in [-0.1, -0.05) is 17.4 Å². The Labute approximate surface area is 225 Å². The summed E-state index contributed by atoms with van der Waals surface area (Å²) in [5.41, 5.74) is 2.05. The number of aliphatic hydroxyl groups is 1. The van der Waals surface area contributed by atoms with Gasteiger partial charge in [0.2, 0.25) is 0 Å². The van der Waals surface area contributed by atoms with Gasteiger partial charge in [0.05, 0.1) is 16.8 Å². The van der Waals surface area contributed by atoms with Crippen LogP contribution >= 0.6 is 11.3 Å². The molecule has 5 rings (SSSR count). The molecule has 3 heterocycles. The number of ether oxygens (including phenoxy) is 1. The molecule has 38 heavy (non-hydrogen) atoms. The first-order valence-corrected chi connectivity index (χ1v) is 14.1. The largest absolute Gasteiger partial charge is 0.464 e. The van der Waals surface area contributed by atoms with E-state index in [1.54, 1.807) is 4.68 Å². The minimum Gasteiger partial charge on any atom is -0.464 e. The van der Waals surface area contributed by atoms with Gasteiger partial charge in [-0.15, -0.1) is 0 Å². The molecule has 1 atom stereocenters. The molecule has 0 spiro atoms. The lowest BCUT2D eigenvalue weighted by atomic mass is 9.84. The van der Waals surface area contributed by atoms with Crippen LogP contribution in [0.25, 0.3) is 10.9 Å². The maximum atomic E-state index is 13.1. The number of carbonyl (C=O) groups excluding carboxylic acids is 1. The predicted molar refractivity (Wildman–Crippen MR) is 142 cm³/mol. The van der Waals surface area contributed by atoms with E-state index in [0.29, 0.717) is 23.7 Å². The van der Waals surface area contributed by atoms with Gasteiger partial charge in [-0.05, 0) is 63.1 Å². The number of aryl methyl sites for hydroxylation is 1. The van der Waals surface area contributed by atoms with E-state index in [9.17, 15) is 18.7 Å². The van der Waals surface area contributed by atoms with E-state index in [2.05, 4.69) is 20.3 Å². The van der Waals surface area contributed by atoms with Gasteiger partial charge in [-0.2, -0.15) is 5.10 Å². The highest BCUT2D eigenvalue weighted by molar-refractivity contribution is 7.13. The molecule has 2 aromatic heterocycles. The summed E-state index contributed by atoms with van der Waals surface area (Å²) in [5.74, 6) is -2.37. The second kappa shape index (κ2) is 11.2. The Hall–Kier alpha value is -2.63. The molecular weight excluding hydrogens is 512 g/mol. The molecule has 8 nitrogen and oxygen atoms in total. The Balaban J connectivity index is 1.06. The highest BCUT2D eigenvalue weighted by Gasteiger charge is 2.29.